The number of ether oxygens (including phenoxy) is 1. The number of halogens is 1. The molecule has 5 heteroatoms. The lowest BCUT2D eigenvalue weighted by atomic mass is 9.92. The Hall–Kier alpha value is -1.26. The standard InChI is InChI=1S/C14H20N2O2.ClH/c15-12-6-8-13(9-7-12)16-14(17)18-10-11-4-2-1-3-5-11;/h1-5,12-13H,6-10,15H2,(H,16,17);1H. The number of nitrogens with two attached hydrogens (primary N) is 1. The van der Waals surface area contributed by atoms with Crippen LogP contribution in [0.15, 0.2) is 30.3 Å². The second-order valence-corrected chi connectivity index (χ2v) is 4.82. The Morgan fingerprint density at radius 1 is 1.21 bits per heavy atom. The maximum absolute atomic E-state index is 11.6. The van der Waals surface area contributed by atoms with Crippen LogP contribution in [0.1, 0.15) is 31.2 Å². The van der Waals surface area contributed by atoms with E-state index in [-0.39, 0.29) is 24.5 Å². The average Bonchev–Trinajstić information content (AvgIpc) is 2.40. The van der Waals surface area contributed by atoms with Crippen LogP contribution in [-0.4, -0.2) is 18.2 Å². The zero-order valence-corrected chi connectivity index (χ0v) is 11.7. The lowest BCUT2D eigenvalue weighted by Crippen LogP contribution is -2.40. The van der Waals surface area contributed by atoms with Crippen LogP contribution in [-0.2, 0) is 11.3 Å². The molecule has 1 saturated carbocycles. The molecule has 1 aliphatic rings. The van der Waals surface area contributed by atoms with Gasteiger partial charge >= 0.3 is 6.09 Å². The van der Waals surface area contributed by atoms with Crippen LogP contribution in [0.5, 0.6) is 0 Å². The van der Waals surface area contributed by atoms with Gasteiger partial charge in [-0.2, -0.15) is 0 Å². The van der Waals surface area contributed by atoms with E-state index in [1.165, 1.54) is 0 Å². The number of benzene rings is 1. The van der Waals surface area contributed by atoms with Crippen LogP contribution in [0.2, 0.25) is 0 Å². The van der Waals surface area contributed by atoms with Gasteiger partial charge < -0.3 is 15.8 Å². The number of amides is 1. The summed E-state index contributed by atoms with van der Waals surface area (Å²) in [5.41, 5.74) is 6.82. The number of hydrogen-bond donors (Lipinski definition) is 2. The van der Waals surface area contributed by atoms with Crippen LogP contribution in [0.4, 0.5) is 4.79 Å². The highest BCUT2D eigenvalue weighted by Crippen LogP contribution is 2.17. The molecule has 3 N–H and O–H groups in total. The first-order valence-electron chi connectivity index (χ1n) is 6.47. The molecule has 1 aromatic carbocycles. The summed E-state index contributed by atoms with van der Waals surface area (Å²) in [5, 5.41) is 2.89. The summed E-state index contributed by atoms with van der Waals surface area (Å²) in [4.78, 5) is 11.6. The van der Waals surface area contributed by atoms with Gasteiger partial charge in [-0.1, -0.05) is 30.3 Å². The second kappa shape index (κ2) is 8.02. The Bertz CT molecular complexity index is 378. The SMILES string of the molecule is Cl.NC1CCC(NC(=O)OCc2ccccc2)CC1. The van der Waals surface area contributed by atoms with Crippen molar-refractivity contribution < 1.29 is 9.53 Å². The summed E-state index contributed by atoms with van der Waals surface area (Å²) < 4.78 is 5.18. The van der Waals surface area contributed by atoms with Gasteiger partial charge in [-0.05, 0) is 31.2 Å². The molecule has 1 amide bonds. The number of carbonyl (C=O) groups excluding carboxylic acids is 1. The van der Waals surface area contributed by atoms with Crippen LogP contribution < -0.4 is 11.1 Å². The zero-order chi connectivity index (χ0) is 12.8. The van der Waals surface area contributed by atoms with E-state index in [9.17, 15) is 4.79 Å². The molecular formula is C14H21ClN2O2. The highest BCUT2D eigenvalue weighted by molar-refractivity contribution is 5.85. The van der Waals surface area contributed by atoms with Gasteiger partial charge in [-0.25, -0.2) is 4.79 Å². The first-order chi connectivity index (χ1) is 8.74. The molecule has 0 atom stereocenters. The molecule has 0 aromatic heterocycles. The van der Waals surface area contributed by atoms with Crippen molar-refractivity contribution >= 4 is 18.5 Å². The van der Waals surface area contributed by atoms with E-state index in [2.05, 4.69) is 5.32 Å². The van der Waals surface area contributed by atoms with Crippen molar-refractivity contribution in [3.8, 4) is 0 Å². The monoisotopic (exact) mass is 284 g/mol. The number of rotatable bonds is 3. The van der Waals surface area contributed by atoms with Gasteiger partial charge in [0.1, 0.15) is 6.61 Å². The molecule has 1 aromatic rings. The quantitative estimate of drug-likeness (QED) is 0.897. The van der Waals surface area contributed by atoms with Gasteiger partial charge in [0.05, 0.1) is 0 Å². The van der Waals surface area contributed by atoms with Crippen molar-refractivity contribution in [2.24, 2.45) is 5.73 Å². The van der Waals surface area contributed by atoms with Gasteiger partial charge in [0.25, 0.3) is 0 Å². The fourth-order valence-corrected chi connectivity index (χ4v) is 2.19. The normalized spacial score (nSPS) is 22.2. The van der Waals surface area contributed by atoms with Gasteiger partial charge in [0.2, 0.25) is 0 Å². The summed E-state index contributed by atoms with van der Waals surface area (Å²) in [6.07, 6.45) is 3.51. The van der Waals surface area contributed by atoms with Crippen molar-refractivity contribution in [3.63, 3.8) is 0 Å². The topological polar surface area (TPSA) is 64.3 Å². The van der Waals surface area contributed by atoms with Crippen LogP contribution in [0, 0.1) is 0 Å². The summed E-state index contributed by atoms with van der Waals surface area (Å²) in [6.45, 7) is 0.318. The van der Waals surface area contributed by atoms with E-state index in [1.807, 2.05) is 30.3 Å². The molecule has 0 unspecified atom stereocenters. The van der Waals surface area contributed by atoms with Crippen LogP contribution in [0.3, 0.4) is 0 Å². The van der Waals surface area contributed by atoms with E-state index in [0.717, 1.165) is 31.2 Å². The first kappa shape index (κ1) is 15.8. The van der Waals surface area contributed by atoms with Gasteiger partial charge in [-0.15, -0.1) is 12.4 Å². The number of hydrogen-bond acceptors (Lipinski definition) is 3. The van der Waals surface area contributed by atoms with Crippen LogP contribution in [0.25, 0.3) is 0 Å². The van der Waals surface area contributed by atoms with E-state index < -0.39 is 0 Å². The summed E-state index contributed by atoms with van der Waals surface area (Å²) >= 11 is 0. The van der Waals surface area contributed by atoms with E-state index in [0.29, 0.717) is 12.6 Å². The minimum atomic E-state index is -0.334. The van der Waals surface area contributed by atoms with Crippen molar-refractivity contribution in [2.45, 2.75) is 44.4 Å². The molecule has 106 valence electrons. The van der Waals surface area contributed by atoms with Crippen molar-refractivity contribution in [1.82, 2.24) is 5.32 Å². The molecule has 0 spiro atoms. The summed E-state index contributed by atoms with van der Waals surface area (Å²) in [6, 6.07) is 10.2. The summed E-state index contributed by atoms with van der Waals surface area (Å²) in [7, 11) is 0. The Labute approximate surface area is 120 Å². The predicted molar refractivity (Wildman–Crippen MR) is 77.2 cm³/mol. The van der Waals surface area contributed by atoms with Crippen molar-refractivity contribution in [1.29, 1.82) is 0 Å². The summed E-state index contributed by atoms with van der Waals surface area (Å²) in [5.74, 6) is 0. The lowest BCUT2D eigenvalue weighted by Gasteiger charge is -2.26. The molecule has 1 fully saturated rings. The third-order valence-electron chi connectivity index (χ3n) is 3.31. The van der Waals surface area contributed by atoms with Crippen molar-refractivity contribution in [2.75, 3.05) is 0 Å². The molecule has 4 nitrogen and oxygen atoms in total. The Kier molecular flexibility index (Phi) is 6.67. The fraction of sp³-hybridized carbons (Fsp3) is 0.500. The predicted octanol–water partition coefficient (Wildman–Crippen LogP) is 2.60. The average molecular weight is 285 g/mol. The largest absolute Gasteiger partial charge is 0.445 e. The molecule has 1 aliphatic carbocycles. The third-order valence-corrected chi connectivity index (χ3v) is 3.31. The van der Waals surface area contributed by atoms with Gasteiger partial charge in [0, 0.05) is 12.1 Å². The molecule has 0 aliphatic heterocycles. The number of alkyl carbamates (subject to hydrolysis) is 1. The zero-order valence-electron chi connectivity index (χ0n) is 10.9. The van der Waals surface area contributed by atoms with E-state index >= 15 is 0 Å². The lowest BCUT2D eigenvalue weighted by molar-refractivity contribution is 0.132. The van der Waals surface area contributed by atoms with Gasteiger partial charge in [-0.3, -0.25) is 0 Å². The third kappa shape index (κ3) is 5.49. The molecule has 0 saturated heterocycles. The van der Waals surface area contributed by atoms with Gasteiger partial charge in [0.15, 0.2) is 0 Å². The Morgan fingerprint density at radius 3 is 2.47 bits per heavy atom. The Balaban J connectivity index is 0.00000180. The van der Waals surface area contributed by atoms with Crippen molar-refractivity contribution in [3.05, 3.63) is 35.9 Å². The van der Waals surface area contributed by atoms with Crippen LogP contribution >= 0.6 is 12.4 Å². The highest BCUT2D eigenvalue weighted by Gasteiger charge is 2.20. The van der Waals surface area contributed by atoms with E-state index in [1.54, 1.807) is 0 Å². The maximum Gasteiger partial charge on any atom is 0.407 e. The number of nitrogens with one attached hydrogen (secondary N) is 1. The molecule has 0 radical (unpaired) electrons. The number of carbonyl (C=O) groups is 1. The first-order valence-corrected chi connectivity index (χ1v) is 6.47. The molecule has 0 bridgehead atoms. The molecular weight excluding hydrogens is 264 g/mol. The molecule has 0 heterocycles. The maximum atomic E-state index is 11.6. The minimum absolute atomic E-state index is 0. The molecule has 19 heavy (non-hydrogen) atoms. The molecule has 2 rings (SSSR count). The van der Waals surface area contributed by atoms with E-state index in [4.69, 9.17) is 10.5 Å². The Morgan fingerprint density at radius 2 is 1.84 bits per heavy atom. The highest BCUT2D eigenvalue weighted by atomic mass is 35.5. The smallest absolute Gasteiger partial charge is 0.407 e. The fourth-order valence-electron chi connectivity index (χ4n) is 2.19. The minimum Gasteiger partial charge on any atom is -0.445 e. The second-order valence-electron chi connectivity index (χ2n) is 4.82.